The maximum absolute atomic E-state index is 12.2. The third-order valence-corrected chi connectivity index (χ3v) is 5.70. The number of thiophene rings is 1. The molecule has 1 heterocycles. The molecule has 0 spiro atoms. The highest BCUT2D eigenvalue weighted by Crippen LogP contribution is 2.37. The van der Waals surface area contributed by atoms with Crippen LogP contribution in [0.25, 0.3) is 0 Å². The number of hydrogen-bond donors (Lipinski definition) is 1. The van der Waals surface area contributed by atoms with Crippen LogP contribution in [0.15, 0.2) is 24.3 Å². The Balaban J connectivity index is 1.59. The predicted octanol–water partition coefficient (Wildman–Crippen LogP) is 3.36. The Labute approximate surface area is 162 Å². The fourth-order valence-corrected chi connectivity index (χ4v) is 4.30. The van der Waals surface area contributed by atoms with Crippen LogP contribution in [0.3, 0.4) is 0 Å². The summed E-state index contributed by atoms with van der Waals surface area (Å²) in [7, 11) is 3.82. The smallest absolute Gasteiger partial charge is 0.338 e. The van der Waals surface area contributed by atoms with Crippen LogP contribution in [0.5, 0.6) is 0 Å². The molecule has 1 aromatic heterocycles. The van der Waals surface area contributed by atoms with Gasteiger partial charge in [-0.05, 0) is 55.5 Å². The van der Waals surface area contributed by atoms with Gasteiger partial charge in [-0.1, -0.05) is 0 Å². The highest BCUT2D eigenvalue weighted by atomic mass is 32.1. The number of nitriles is 1. The topological polar surface area (TPSA) is 82.4 Å². The summed E-state index contributed by atoms with van der Waals surface area (Å²) in [5.74, 6) is -0.996. The number of benzene rings is 1. The van der Waals surface area contributed by atoms with Crippen molar-refractivity contribution in [3.8, 4) is 6.07 Å². The standard InChI is InChI=1S/C20H21N3O3S/c1-23(2)14-9-7-13(8-10-14)20(25)26-12-18(24)22-19-16(11-21)15-5-3-4-6-17(15)27-19/h7-10H,3-6,12H2,1-2H3,(H,22,24). The zero-order valence-electron chi connectivity index (χ0n) is 15.4. The van der Waals surface area contributed by atoms with Crippen LogP contribution >= 0.6 is 11.3 Å². The quantitative estimate of drug-likeness (QED) is 0.801. The lowest BCUT2D eigenvalue weighted by atomic mass is 9.96. The first-order valence-corrected chi connectivity index (χ1v) is 9.60. The maximum atomic E-state index is 12.2. The molecule has 1 amide bonds. The molecule has 3 rings (SSSR count). The molecule has 0 radical (unpaired) electrons. The Bertz CT molecular complexity index is 894. The van der Waals surface area contributed by atoms with Gasteiger partial charge in [0.2, 0.25) is 0 Å². The first-order chi connectivity index (χ1) is 13.0. The number of esters is 1. The van der Waals surface area contributed by atoms with Gasteiger partial charge in [0, 0.05) is 24.7 Å². The van der Waals surface area contributed by atoms with E-state index in [9.17, 15) is 14.9 Å². The fraction of sp³-hybridized carbons (Fsp3) is 0.350. The number of aryl methyl sites for hydroxylation is 1. The zero-order chi connectivity index (χ0) is 19.4. The van der Waals surface area contributed by atoms with E-state index in [0.717, 1.165) is 36.9 Å². The summed E-state index contributed by atoms with van der Waals surface area (Å²) in [6, 6.07) is 9.15. The molecule has 0 saturated carbocycles. The van der Waals surface area contributed by atoms with Gasteiger partial charge in [0.1, 0.15) is 11.1 Å². The van der Waals surface area contributed by atoms with Gasteiger partial charge in [-0.3, -0.25) is 4.79 Å². The molecular formula is C20H21N3O3S. The van der Waals surface area contributed by atoms with Gasteiger partial charge in [-0.25, -0.2) is 4.79 Å². The number of nitrogens with zero attached hydrogens (tertiary/aromatic N) is 2. The summed E-state index contributed by atoms with van der Waals surface area (Å²) in [6.07, 6.45) is 4.00. The van der Waals surface area contributed by atoms with Crippen molar-refractivity contribution in [2.75, 3.05) is 30.9 Å². The largest absolute Gasteiger partial charge is 0.452 e. The minimum absolute atomic E-state index is 0.387. The number of nitrogens with one attached hydrogen (secondary N) is 1. The molecule has 1 aliphatic carbocycles. The lowest BCUT2D eigenvalue weighted by Crippen LogP contribution is -2.21. The second-order valence-corrected chi connectivity index (χ2v) is 7.70. The van der Waals surface area contributed by atoms with Crippen LogP contribution in [0.1, 0.15) is 39.2 Å². The van der Waals surface area contributed by atoms with Crippen molar-refractivity contribution in [2.24, 2.45) is 0 Å². The number of fused-ring (bicyclic) bond motifs is 1. The zero-order valence-corrected chi connectivity index (χ0v) is 16.2. The summed E-state index contributed by atoms with van der Waals surface area (Å²) in [4.78, 5) is 27.4. The van der Waals surface area contributed by atoms with E-state index in [0.29, 0.717) is 16.1 Å². The number of amides is 1. The van der Waals surface area contributed by atoms with Crippen molar-refractivity contribution in [3.05, 3.63) is 45.8 Å². The summed E-state index contributed by atoms with van der Waals surface area (Å²) in [6.45, 7) is -0.387. The minimum atomic E-state index is -0.554. The molecular weight excluding hydrogens is 362 g/mol. The van der Waals surface area contributed by atoms with Gasteiger partial charge in [-0.15, -0.1) is 11.3 Å². The van der Waals surface area contributed by atoms with Crippen molar-refractivity contribution in [3.63, 3.8) is 0 Å². The molecule has 0 bridgehead atoms. The Morgan fingerprint density at radius 2 is 1.93 bits per heavy atom. The molecule has 0 fully saturated rings. The monoisotopic (exact) mass is 383 g/mol. The van der Waals surface area contributed by atoms with Gasteiger partial charge in [0.15, 0.2) is 6.61 Å². The third kappa shape index (κ3) is 4.29. The van der Waals surface area contributed by atoms with E-state index in [1.807, 2.05) is 31.1 Å². The third-order valence-electron chi connectivity index (χ3n) is 4.49. The molecule has 0 unspecified atom stereocenters. The molecule has 6 nitrogen and oxygen atoms in total. The lowest BCUT2D eigenvalue weighted by molar-refractivity contribution is -0.119. The van der Waals surface area contributed by atoms with Crippen molar-refractivity contribution >= 4 is 33.9 Å². The normalized spacial score (nSPS) is 12.6. The Hall–Kier alpha value is -2.85. The molecule has 2 aromatic rings. The summed E-state index contributed by atoms with van der Waals surface area (Å²) in [5.41, 5.74) is 2.96. The highest BCUT2D eigenvalue weighted by molar-refractivity contribution is 7.16. The number of ether oxygens (including phenoxy) is 1. The lowest BCUT2D eigenvalue weighted by Gasteiger charge is -2.12. The van der Waals surface area contributed by atoms with Crippen LogP contribution in [0, 0.1) is 11.3 Å². The van der Waals surface area contributed by atoms with E-state index in [2.05, 4.69) is 11.4 Å². The van der Waals surface area contributed by atoms with Crippen molar-refractivity contribution in [1.82, 2.24) is 0 Å². The highest BCUT2D eigenvalue weighted by Gasteiger charge is 2.22. The van der Waals surface area contributed by atoms with Gasteiger partial charge in [0.05, 0.1) is 11.1 Å². The molecule has 1 aliphatic rings. The molecule has 0 atom stereocenters. The van der Waals surface area contributed by atoms with Crippen molar-refractivity contribution in [1.29, 1.82) is 5.26 Å². The van der Waals surface area contributed by atoms with Gasteiger partial charge in [-0.2, -0.15) is 5.26 Å². The van der Waals surface area contributed by atoms with Crippen molar-refractivity contribution < 1.29 is 14.3 Å². The Kier molecular flexibility index (Phi) is 5.77. The average molecular weight is 383 g/mol. The number of hydrogen-bond acceptors (Lipinski definition) is 6. The average Bonchev–Trinajstić information content (AvgIpc) is 3.03. The first kappa shape index (κ1) is 18.9. The summed E-state index contributed by atoms with van der Waals surface area (Å²) >= 11 is 1.45. The van der Waals surface area contributed by atoms with Crippen molar-refractivity contribution in [2.45, 2.75) is 25.7 Å². The number of rotatable bonds is 5. The molecule has 27 heavy (non-hydrogen) atoms. The predicted molar refractivity (Wildman–Crippen MR) is 105 cm³/mol. The molecule has 1 N–H and O–H groups in total. The van der Waals surface area contributed by atoms with E-state index in [1.54, 1.807) is 12.1 Å². The molecule has 7 heteroatoms. The van der Waals surface area contributed by atoms with E-state index in [-0.39, 0.29) is 6.61 Å². The van der Waals surface area contributed by atoms with Gasteiger partial charge < -0.3 is 15.0 Å². The number of carbonyl (C=O) groups is 2. The second-order valence-electron chi connectivity index (χ2n) is 6.59. The van der Waals surface area contributed by atoms with Crippen LogP contribution < -0.4 is 10.2 Å². The van der Waals surface area contributed by atoms with E-state index in [1.165, 1.54) is 16.2 Å². The fourth-order valence-electron chi connectivity index (χ4n) is 3.05. The molecule has 0 saturated heterocycles. The SMILES string of the molecule is CN(C)c1ccc(C(=O)OCC(=O)Nc2sc3c(c2C#N)CCCC3)cc1. The number of carbonyl (C=O) groups excluding carboxylic acids is 2. The second kappa shape index (κ2) is 8.23. The maximum Gasteiger partial charge on any atom is 0.338 e. The Morgan fingerprint density at radius 3 is 2.59 bits per heavy atom. The molecule has 1 aromatic carbocycles. The van der Waals surface area contributed by atoms with E-state index >= 15 is 0 Å². The van der Waals surface area contributed by atoms with Crippen LogP contribution in [0.4, 0.5) is 10.7 Å². The van der Waals surface area contributed by atoms with Crippen LogP contribution in [-0.2, 0) is 22.4 Å². The first-order valence-electron chi connectivity index (χ1n) is 8.78. The summed E-state index contributed by atoms with van der Waals surface area (Å²) < 4.78 is 5.10. The molecule has 140 valence electrons. The molecule has 0 aliphatic heterocycles. The minimum Gasteiger partial charge on any atom is -0.452 e. The summed E-state index contributed by atoms with van der Waals surface area (Å²) in [5, 5.41) is 12.7. The van der Waals surface area contributed by atoms with Crippen LogP contribution in [-0.4, -0.2) is 32.6 Å². The van der Waals surface area contributed by atoms with Crippen LogP contribution in [0.2, 0.25) is 0 Å². The van der Waals surface area contributed by atoms with E-state index < -0.39 is 11.9 Å². The van der Waals surface area contributed by atoms with Gasteiger partial charge in [0.25, 0.3) is 5.91 Å². The Morgan fingerprint density at radius 1 is 1.22 bits per heavy atom. The van der Waals surface area contributed by atoms with Gasteiger partial charge >= 0.3 is 5.97 Å². The van der Waals surface area contributed by atoms with E-state index in [4.69, 9.17) is 4.74 Å². The number of anilines is 2.